The second-order valence-corrected chi connectivity index (χ2v) is 5.92. The van der Waals surface area contributed by atoms with Gasteiger partial charge in [0.25, 0.3) is 0 Å². The lowest BCUT2D eigenvalue weighted by molar-refractivity contribution is 0.357. The van der Waals surface area contributed by atoms with Crippen molar-refractivity contribution in [3.05, 3.63) is 0 Å². The molecule has 0 fully saturated rings. The number of hydrogen-bond acceptors (Lipinski definition) is 3. The molecule has 0 amide bonds. The van der Waals surface area contributed by atoms with Crippen LogP contribution < -0.4 is 0 Å². The molecule has 0 unspecified atom stereocenters. The highest BCUT2D eigenvalue weighted by atomic mass is 35.5. The fourth-order valence-corrected chi connectivity index (χ4v) is 2.48. The second kappa shape index (κ2) is 6.61. The minimum Gasteiger partial charge on any atom is -0.309 e. The number of nitrogens with zero attached hydrogens (tertiary/aromatic N) is 2. The van der Waals surface area contributed by atoms with Gasteiger partial charge in [0.05, 0.1) is 0 Å². The van der Waals surface area contributed by atoms with Crippen molar-refractivity contribution in [1.82, 2.24) is 9.21 Å². The van der Waals surface area contributed by atoms with Crippen molar-refractivity contribution in [2.75, 3.05) is 38.9 Å². The summed E-state index contributed by atoms with van der Waals surface area (Å²) in [6.07, 6.45) is 0.830. The van der Waals surface area contributed by atoms with Crippen LogP contribution in [-0.2, 0) is 10.0 Å². The molecule has 4 nitrogen and oxygen atoms in total. The maximum absolute atomic E-state index is 11.4. The largest absolute Gasteiger partial charge is 0.309 e. The Labute approximate surface area is 91.9 Å². The van der Waals surface area contributed by atoms with Crippen LogP contribution in [0, 0.1) is 0 Å². The maximum Gasteiger partial charge on any atom is 0.228 e. The van der Waals surface area contributed by atoms with Gasteiger partial charge in [-0.2, -0.15) is 0 Å². The fourth-order valence-electron chi connectivity index (χ4n) is 1.13. The van der Waals surface area contributed by atoms with Crippen molar-refractivity contribution in [3.8, 4) is 0 Å². The van der Waals surface area contributed by atoms with Gasteiger partial charge in [-0.15, -0.1) is 11.6 Å². The number of sulfonamides is 1. The van der Waals surface area contributed by atoms with Gasteiger partial charge in [-0.1, -0.05) is 6.92 Å². The summed E-state index contributed by atoms with van der Waals surface area (Å²) in [5.41, 5.74) is 0. The van der Waals surface area contributed by atoms with Crippen molar-refractivity contribution in [2.45, 2.75) is 13.3 Å². The van der Waals surface area contributed by atoms with Crippen LogP contribution in [0.3, 0.4) is 0 Å². The van der Waals surface area contributed by atoms with E-state index in [9.17, 15) is 8.42 Å². The molecule has 0 aromatic carbocycles. The Hall–Kier alpha value is 0.160. The molecule has 14 heavy (non-hydrogen) atoms. The molecule has 86 valence electrons. The molecule has 0 aliphatic heterocycles. The molecule has 0 aliphatic carbocycles. The third-order valence-corrected chi connectivity index (χ3v) is 4.23. The summed E-state index contributed by atoms with van der Waals surface area (Å²) in [4.78, 5) is 2.03. The highest BCUT2D eigenvalue weighted by molar-refractivity contribution is 7.90. The third kappa shape index (κ3) is 5.14. The number of rotatable bonds is 7. The Kier molecular flexibility index (Phi) is 6.68. The third-order valence-electron chi connectivity index (χ3n) is 1.90. The van der Waals surface area contributed by atoms with E-state index in [0.717, 1.165) is 13.0 Å². The molecular weight excluding hydrogens is 224 g/mol. The fraction of sp³-hybridized carbons (Fsp3) is 1.00. The predicted molar refractivity (Wildman–Crippen MR) is 60.1 cm³/mol. The van der Waals surface area contributed by atoms with Gasteiger partial charge in [0, 0.05) is 13.1 Å². The molecule has 0 aromatic heterocycles. The van der Waals surface area contributed by atoms with E-state index in [-0.39, 0.29) is 5.21 Å². The topological polar surface area (TPSA) is 40.6 Å². The van der Waals surface area contributed by atoms with Crippen LogP contribution in [0.5, 0.6) is 0 Å². The molecule has 6 heteroatoms. The molecule has 0 spiro atoms. The van der Waals surface area contributed by atoms with Crippen molar-refractivity contribution in [3.63, 3.8) is 0 Å². The number of hydrogen-bond donors (Lipinski definition) is 0. The molecular formula is C8H19ClN2O2S. The summed E-state index contributed by atoms with van der Waals surface area (Å²) in [5.74, 6) is 0. The Bertz CT molecular complexity index is 242. The lowest BCUT2D eigenvalue weighted by Crippen LogP contribution is -2.33. The van der Waals surface area contributed by atoms with Gasteiger partial charge in [0.1, 0.15) is 5.21 Å². The molecule has 0 aromatic rings. The molecule has 0 bridgehead atoms. The lowest BCUT2D eigenvalue weighted by Gasteiger charge is -2.19. The van der Waals surface area contributed by atoms with E-state index in [4.69, 9.17) is 11.6 Å². The monoisotopic (exact) mass is 242 g/mol. The average molecular weight is 243 g/mol. The molecule has 0 radical (unpaired) electrons. The van der Waals surface area contributed by atoms with E-state index in [1.807, 2.05) is 25.9 Å². The zero-order valence-electron chi connectivity index (χ0n) is 9.03. The molecule has 0 saturated heterocycles. The summed E-state index contributed by atoms with van der Waals surface area (Å²) in [6.45, 7) is 3.74. The zero-order valence-corrected chi connectivity index (χ0v) is 10.6. The summed E-state index contributed by atoms with van der Waals surface area (Å²) < 4.78 is 24.2. The van der Waals surface area contributed by atoms with Gasteiger partial charge in [-0.05, 0) is 27.1 Å². The number of halogens is 1. The van der Waals surface area contributed by atoms with Crippen molar-refractivity contribution in [2.24, 2.45) is 0 Å². The minimum absolute atomic E-state index is 0.331. The lowest BCUT2D eigenvalue weighted by atomic mass is 10.4. The van der Waals surface area contributed by atoms with Crippen LogP contribution in [0.2, 0.25) is 0 Å². The summed E-state index contributed by atoms with van der Waals surface area (Å²) >= 11 is 5.37. The van der Waals surface area contributed by atoms with Gasteiger partial charge in [-0.3, -0.25) is 0 Å². The standard InChI is InChI=1S/C8H19ClN2O2S/c1-4-11(14(12,13)8-9)7-5-6-10(2)3/h4-8H2,1-3H3. The van der Waals surface area contributed by atoms with Crippen LogP contribution in [0.1, 0.15) is 13.3 Å². The van der Waals surface area contributed by atoms with Crippen molar-refractivity contribution >= 4 is 21.6 Å². The highest BCUT2D eigenvalue weighted by Gasteiger charge is 2.18. The van der Waals surface area contributed by atoms with E-state index in [2.05, 4.69) is 0 Å². The van der Waals surface area contributed by atoms with Gasteiger partial charge in [0.2, 0.25) is 10.0 Å². The molecule has 0 N–H and O–H groups in total. The maximum atomic E-state index is 11.4. The molecule has 0 saturated carbocycles. The van der Waals surface area contributed by atoms with Gasteiger partial charge >= 0.3 is 0 Å². The van der Waals surface area contributed by atoms with Gasteiger partial charge in [0.15, 0.2) is 0 Å². The molecule has 0 heterocycles. The van der Waals surface area contributed by atoms with Crippen LogP contribution in [0.4, 0.5) is 0 Å². The first-order valence-electron chi connectivity index (χ1n) is 4.62. The SMILES string of the molecule is CCN(CCCN(C)C)S(=O)(=O)CCl. The predicted octanol–water partition coefficient (Wildman–Crippen LogP) is 0.786. The highest BCUT2D eigenvalue weighted by Crippen LogP contribution is 2.04. The molecule has 0 atom stereocenters. The Morgan fingerprint density at radius 1 is 1.21 bits per heavy atom. The zero-order chi connectivity index (χ0) is 11.2. The molecule has 0 rings (SSSR count). The summed E-state index contributed by atoms with van der Waals surface area (Å²) in [5, 5.41) is -0.331. The smallest absolute Gasteiger partial charge is 0.228 e. The first-order valence-corrected chi connectivity index (χ1v) is 6.77. The Balaban J connectivity index is 4.05. The van der Waals surface area contributed by atoms with E-state index in [0.29, 0.717) is 13.1 Å². The quantitative estimate of drug-likeness (QED) is 0.620. The van der Waals surface area contributed by atoms with Crippen molar-refractivity contribution < 1.29 is 8.42 Å². The Morgan fingerprint density at radius 3 is 2.14 bits per heavy atom. The van der Waals surface area contributed by atoms with Gasteiger partial charge in [-0.25, -0.2) is 12.7 Å². The summed E-state index contributed by atoms with van der Waals surface area (Å²) in [6, 6.07) is 0. The second-order valence-electron chi connectivity index (χ2n) is 3.37. The van der Waals surface area contributed by atoms with E-state index in [1.165, 1.54) is 4.31 Å². The van der Waals surface area contributed by atoms with Crippen LogP contribution >= 0.6 is 11.6 Å². The van der Waals surface area contributed by atoms with E-state index in [1.54, 1.807) is 0 Å². The first kappa shape index (κ1) is 14.2. The van der Waals surface area contributed by atoms with Gasteiger partial charge < -0.3 is 4.90 Å². The average Bonchev–Trinajstić information content (AvgIpc) is 2.11. The Morgan fingerprint density at radius 2 is 1.79 bits per heavy atom. The van der Waals surface area contributed by atoms with Crippen molar-refractivity contribution in [1.29, 1.82) is 0 Å². The summed E-state index contributed by atoms with van der Waals surface area (Å²) in [7, 11) is 0.701. The van der Waals surface area contributed by atoms with E-state index < -0.39 is 10.0 Å². The minimum atomic E-state index is -3.23. The van der Waals surface area contributed by atoms with E-state index >= 15 is 0 Å². The normalized spacial score (nSPS) is 12.7. The van der Waals surface area contributed by atoms with Crippen LogP contribution in [-0.4, -0.2) is 56.6 Å². The first-order chi connectivity index (χ1) is 6.44. The number of alkyl halides is 1. The van der Waals surface area contributed by atoms with Crippen LogP contribution in [0.15, 0.2) is 0 Å². The van der Waals surface area contributed by atoms with Crippen LogP contribution in [0.25, 0.3) is 0 Å². The molecule has 0 aliphatic rings.